The molecule has 0 bridgehead atoms. The minimum Gasteiger partial charge on any atom is -0.396 e. The Bertz CT molecular complexity index is 226. The first-order valence-corrected chi connectivity index (χ1v) is 4.88. The lowest BCUT2D eigenvalue weighted by atomic mass is 10.2. The van der Waals surface area contributed by atoms with E-state index in [9.17, 15) is 0 Å². The van der Waals surface area contributed by atoms with Gasteiger partial charge in [0.2, 0.25) is 5.89 Å². The average molecular weight is 199 g/mol. The molecule has 0 spiro atoms. The van der Waals surface area contributed by atoms with Crippen LogP contribution < -0.4 is 0 Å². The number of unbranched alkanes of at least 4 members (excludes halogenated alkanes) is 2. The van der Waals surface area contributed by atoms with Crippen LogP contribution in [0.2, 0.25) is 0 Å². The predicted molar refractivity (Wildman–Crippen MR) is 51.6 cm³/mol. The van der Waals surface area contributed by atoms with Crippen molar-refractivity contribution in [1.82, 2.24) is 15.0 Å². The monoisotopic (exact) mass is 199 g/mol. The summed E-state index contributed by atoms with van der Waals surface area (Å²) in [6.07, 6.45) is 4.44. The zero-order chi connectivity index (χ0) is 10.2. The molecule has 14 heavy (non-hydrogen) atoms. The van der Waals surface area contributed by atoms with Gasteiger partial charge in [-0.25, -0.2) is 0 Å². The molecule has 1 N–H and O–H groups in total. The number of hydrogen-bond acceptors (Lipinski definition) is 5. The van der Waals surface area contributed by atoms with E-state index in [1.165, 1.54) is 6.33 Å². The molecule has 0 aliphatic heterocycles. The maximum absolute atomic E-state index is 8.59. The van der Waals surface area contributed by atoms with Gasteiger partial charge < -0.3 is 9.63 Å². The molecule has 5 heteroatoms. The van der Waals surface area contributed by atoms with E-state index < -0.39 is 0 Å². The lowest BCUT2D eigenvalue weighted by Crippen LogP contribution is -2.19. The fourth-order valence-electron chi connectivity index (χ4n) is 1.25. The molecule has 1 aromatic rings. The molecule has 0 amide bonds. The SMILES string of the molecule is CN(CCCCCO)Cc1ncno1. The van der Waals surface area contributed by atoms with Crippen LogP contribution in [0.5, 0.6) is 0 Å². The van der Waals surface area contributed by atoms with Crippen LogP contribution in [0, 0.1) is 0 Å². The Kier molecular flexibility index (Phi) is 5.17. The van der Waals surface area contributed by atoms with Gasteiger partial charge in [-0.05, 0) is 32.9 Å². The third kappa shape index (κ3) is 4.34. The van der Waals surface area contributed by atoms with Gasteiger partial charge in [0.05, 0.1) is 6.54 Å². The highest BCUT2D eigenvalue weighted by atomic mass is 16.5. The Labute approximate surface area is 83.7 Å². The van der Waals surface area contributed by atoms with Crippen molar-refractivity contribution in [2.24, 2.45) is 0 Å². The van der Waals surface area contributed by atoms with Gasteiger partial charge in [0, 0.05) is 6.61 Å². The second-order valence-corrected chi connectivity index (χ2v) is 3.36. The first-order valence-electron chi connectivity index (χ1n) is 4.88. The summed E-state index contributed by atoms with van der Waals surface area (Å²) in [5.41, 5.74) is 0. The smallest absolute Gasteiger partial charge is 0.240 e. The minimum absolute atomic E-state index is 0.285. The zero-order valence-electron chi connectivity index (χ0n) is 8.52. The van der Waals surface area contributed by atoms with Crippen LogP contribution in [-0.2, 0) is 6.54 Å². The van der Waals surface area contributed by atoms with E-state index in [1.54, 1.807) is 0 Å². The maximum Gasteiger partial charge on any atom is 0.240 e. The van der Waals surface area contributed by atoms with E-state index in [1.807, 2.05) is 7.05 Å². The normalized spacial score (nSPS) is 11.1. The Morgan fingerprint density at radius 3 is 2.93 bits per heavy atom. The molecule has 0 aromatic carbocycles. The highest BCUT2D eigenvalue weighted by Gasteiger charge is 2.03. The van der Waals surface area contributed by atoms with Crippen LogP contribution in [-0.4, -0.2) is 40.3 Å². The fourth-order valence-corrected chi connectivity index (χ4v) is 1.25. The molecule has 0 unspecified atom stereocenters. The predicted octanol–water partition coefficient (Wildman–Crippen LogP) is 0.664. The number of nitrogens with zero attached hydrogens (tertiary/aromatic N) is 3. The molecular weight excluding hydrogens is 182 g/mol. The number of aromatic nitrogens is 2. The van der Waals surface area contributed by atoms with Crippen LogP contribution in [0.15, 0.2) is 10.9 Å². The van der Waals surface area contributed by atoms with Crippen LogP contribution >= 0.6 is 0 Å². The zero-order valence-corrected chi connectivity index (χ0v) is 8.52. The number of aliphatic hydroxyl groups is 1. The van der Waals surface area contributed by atoms with Crippen molar-refractivity contribution >= 4 is 0 Å². The number of hydrogen-bond donors (Lipinski definition) is 1. The second kappa shape index (κ2) is 6.50. The van der Waals surface area contributed by atoms with Crippen molar-refractivity contribution in [3.05, 3.63) is 12.2 Å². The van der Waals surface area contributed by atoms with Crippen LogP contribution in [0.1, 0.15) is 25.2 Å². The molecule has 0 aliphatic rings. The van der Waals surface area contributed by atoms with Crippen molar-refractivity contribution in [2.75, 3.05) is 20.2 Å². The molecule has 1 rings (SSSR count). The quantitative estimate of drug-likeness (QED) is 0.654. The molecule has 0 aliphatic carbocycles. The Balaban J connectivity index is 2.07. The van der Waals surface area contributed by atoms with Gasteiger partial charge in [0.25, 0.3) is 0 Å². The average Bonchev–Trinajstić information content (AvgIpc) is 2.65. The van der Waals surface area contributed by atoms with Gasteiger partial charge >= 0.3 is 0 Å². The van der Waals surface area contributed by atoms with Crippen molar-refractivity contribution in [3.63, 3.8) is 0 Å². The van der Waals surface area contributed by atoms with Crippen molar-refractivity contribution in [3.8, 4) is 0 Å². The standard InChI is InChI=1S/C9H17N3O2/c1-12(5-3-2-4-6-13)7-9-10-8-11-14-9/h8,13H,2-7H2,1H3. The molecule has 0 saturated carbocycles. The summed E-state index contributed by atoms with van der Waals surface area (Å²) in [6.45, 7) is 1.97. The summed E-state index contributed by atoms with van der Waals surface area (Å²) in [5, 5.41) is 12.1. The van der Waals surface area contributed by atoms with E-state index in [4.69, 9.17) is 9.63 Å². The molecule has 1 heterocycles. The van der Waals surface area contributed by atoms with E-state index in [-0.39, 0.29) is 6.61 Å². The first kappa shape index (κ1) is 11.1. The molecule has 1 aromatic heterocycles. The minimum atomic E-state index is 0.285. The molecule has 0 saturated heterocycles. The molecular formula is C9H17N3O2. The lowest BCUT2D eigenvalue weighted by molar-refractivity contribution is 0.251. The highest BCUT2D eigenvalue weighted by Crippen LogP contribution is 2.01. The van der Waals surface area contributed by atoms with Gasteiger partial charge in [-0.15, -0.1) is 0 Å². The highest BCUT2D eigenvalue weighted by molar-refractivity contribution is 4.73. The van der Waals surface area contributed by atoms with Crippen molar-refractivity contribution in [1.29, 1.82) is 0 Å². The fraction of sp³-hybridized carbons (Fsp3) is 0.778. The lowest BCUT2D eigenvalue weighted by Gasteiger charge is -2.13. The Morgan fingerprint density at radius 2 is 2.29 bits per heavy atom. The summed E-state index contributed by atoms with van der Waals surface area (Å²) in [4.78, 5) is 6.07. The summed E-state index contributed by atoms with van der Waals surface area (Å²) in [6, 6.07) is 0. The van der Waals surface area contributed by atoms with Gasteiger partial charge in [0.15, 0.2) is 6.33 Å². The summed E-state index contributed by atoms with van der Waals surface area (Å²) in [5.74, 6) is 0.648. The third-order valence-corrected chi connectivity index (χ3v) is 2.01. The Hall–Kier alpha value is -0.940. The van der Waals surface area contributed by atoms with Crippen molar-refractivity contribution < 1.29 is 9.63 Å². The molecule has 80 valence electrons. The second-order valence-electron chi connectivity index (χ2n) is 3.36. The largest absolute Gasteiger partial charge is 0.396 e. The first-order chi connectivity index (χ1) is 6.83. The van der Waals surface area contributed by atoms with E-state index >= 15 is 0 Å². The van der Waals surface area contributed by atoms with Crippen molar-refractivity contribution in [2.45, 2.75) is 25.8 Å². The number of aliphatic hydroxyl groups excluding tert-OH is 1. The van der Waals surface area contributed by atoms with Gasteiger partial charge in [-0.2, -0.15) is 4.98 Å². The molecule has 0 atom stereocenters. The van der Waals surface area contributed by atoms with Gasteiger partial charge in [0.1, 0.15) is 0 Å². The third-order valence-electron chi connectivity index (χ3n) is 2.01. The topological polar surface area (TPSA) is 62.4 Å². The van der Waals surface area contributed by atoms with Crippen LogP contribution in [0.4, 0.5) is 0 Å². The van der Waals surface area contributed by atoms with Gasteiger partial charge in [-0.3, -0.25) is 4.90 Å². The van der Waals surface area contributed by atoms with Crippen LogP contribution in [0.3, 0.4) is 0 Å². The maximum atomic E-state index is 8.59. The summed E-state index contributed by atoms with van der Waals surface area (Å²) < 4.78 is 4.89. The van der Waals surface area contributed by atoms with E-state index in [0.717, 1.165) is 25.8 Å². The Morgan fingerprint density at radius 1 is 1.43 bits per heavy atom. The molecule has 0 fully saturated rings. The van der Waals surface area contributed by atoms with E-state index in [0.29, 0.717) is 12.4 Å². The van der Waals surface area contributed by atoms with Gasteiger partial charge in [-0.1, -0.05) is 5.16 Å². The van der Waals surface area contributed by atoms with Crippen LogP contribution in [0.25, 0.3) is 0 Å². The summed E-state index contributed by atoms with van der Waals surface area (Å²) in [7, 11) is 2.02. The van der Waals surface area contributed by atoms with E-state index in [2.05, 4.69) is 15.0 Å². The number of rotatable bonds is 7. The molecule has 5 nitrogen and oxygen atoms in total. The molecule has 0 radical (unpaired) electrons. The summed E-state index contributed by atoms with van der Waals surface area (Å²) >= 11 is 0.